The number of aromatic nitrogens is 1. The standard InChI is InChI=1S/C16H24N2O3/c1-4-13-15(16(20)21)14(19)9-11(3)18(13)10-12-7-6-8-17(12)5-2/h9,12H,4-8,10H2,1-3H3,(H,20,21). The Morgan fingerprint density at radius 3 is 2.71 bits per heavy atom. The Kier molecular flexibility index (Phi) is 4.83. The third-order valence-electron chi connectivity index (χ3n) is 4.47. The third-order valence-corrected chi connectivity index (χ3v) is 4.47. The fourth-order valence-corrected chi connectivity index (χ4v) is 3.41. The summed E-state index contributed by atoms with van der Waals surface area (Å²) in [5.74, 6) is -1.12. The number of aromatic carboxylic acids is 1. The van der Waals surface area contributed by atoms with Crippen molar-refractivity contribution < 1.29 is 9.90 Å². The van der Waals surface area contributed by atoms with Crippen LogP contribution in [0.3, 0.4) is 0 Å². The van der Waals surface area contributed by atoms with Gasteiger partial charge in [0.15, 0.2) is 5.43 Å². The van der Waals surface area contributed by atoms with Gasteiger partial charge in [0.2, 0.25) is 0 Å². The average Bonchev–Trinajstić information content (AvgIpc) is 2.87. The number of hydrogen-bond acceptors (Lipinski definition) is 3. The maximum absolute atomic E-state index is 12.0. The highest BCUT2D eigenvalue weighted by Crippen LogP contribution is 2.20. The highest BCUT2D eigenvalue weighted by Gasteiger charge is 2.26. The second kappa shape index (κ2) is 6.43. The van der Waals surface area contributed by atoms with Gasteiger partial charge < -0.3 is 9.67 Å². The van der Waals surface area contributed by atoms with E-state index in [1.807, 2.05) is 18.4 Å². The van der Waals surface area contributed by atoms with Crippen LogP contribution in [0.1, 0.15) is 48.4 Å². The van der Waals surface area contributed by atoms with E-state index in [1.54, 1.807) is 0 Å². The molecular weight excluding hydrogens is 268 g/mol. The Morgan fingerprint density at radius 2 is 2.14 bits per heavy atom. The number of carboxylic acids is 1. The van der Waals surface area contributed by atoms with Crippen molar-refractivity contribution in [1.82, 2.24) is 9.47 Å². The summed E-state index contributed by atoms with van der Waals surface area (Å²) in [6, 6.07) is 1.89. The molecular formula is C16H24N2O3. The van der Waals surface area contributed by atoms with E-state index >= 15 is 0 Å². The van der Waals surface area contributed by atoms with Crippen molar-refractivity contribution in [1.29, 1.82) is 0 Å². The zero-order valence-corrected chi connectivity index (χ0v) is 13.1. The van der Waals surface area contributed by atoms with Crippen molar-refractivity contribution in [3.05, 3.63) is 33.2 Å². The summed E-state index contributed by atoms with van der Waals surface area (Å²) >= 11 is 0. The monoisotopic (exact) mass is 292 g/mol. The van der Waals surface area contributed by atoms with Crippen molar-refractivity contribution in [3.63, 3.8) is 0 Å². The van der Waals surface area contributed by atoms with Crippen LogP contribution in [-0.2, 0) is 13.0 Å². The molecule has 1 atom stereocenters. The highest BCUT2D eigenvalue weighted by atomic mass is 16.4. The maximum Gasteiger partial charge on any atom is 0.341 e. The molecule has 0 saturated carbocycles. The minimum absolute atomic E-state index is 0.0656. The summed E-state index contributed by atoms with van der Waals surface area (Å²) in [5, 5.41) is 9.33. The molecule has 0 aromatic carbocycles. The average molecular weight is 292 g/mol. The number of nitrogens with zero attached hydrogens (tertiary/aromatic N) is 2. The van der Waals surface area contributed by atoms with Gasteiger partial charge in [-0.15, -0.1) is 0 Å². The van der Waals surface area contributed by atoms with E-state index in [-0.39, 0.29) is 11.0 Å². The molecule has 0 bridgehead atoms. The predicted molar refractivity (Wildman–Crippen MR) is 82.0 cm³/mol. The van der Waals surface area contributed by atoms with Crippen LogP contribution in [0.25, 0.3) is 0 Å². The first-order valence-corrected chi connectivity index (χ1v) is 7.70. The lowest BCUT2D eigenvalue weighted by Gasteiger charge is -2.27. The molecule has 21 heavy (non-hydrogen) atoms. The largest absolute Gasteiger partial charge is 0.477 e. The van der Waals surface area contributed by atoms with E-state index in [2.05, 4.69) is 11.8 Å². The Bertz CT molecular complexity index is 592. The molecule has 0 radical (unpaired) electrons. The molecule has 2 heterocycles. The first kappa shape index (κ1) is 15.8. The van der Waals surface area contributed by atoms with Gasteiger partial charge in [-0.2, -0.15) is 0 Å². The van der Waals surface area contributed by atoms with Gasteiger partial charge >= 0.3 is 5.97 Å². The van der Waals surface area contributed by atoms with Crippen LogP contribution in [0.15, 0.2) is 10.9 Å². The van der Waals surface area contributed by atoms with Crippen molar-refractivity contribution in [2.75, 3.05) is 13.1 Å². The number of aryl methyl sites for hydroxylation is 1. The Labute approximate surface area is 125 Å². The SMILES string of the molecule is CCc1c(C(=O)O)c(=O)cc(C)n1CC1CCCN1CC. The number of hydrogen-bond donors (Lipinski definition) is 1. The molecule has 1 aliphatic rings. The number of rotatable bonds is 5. The third kappa shape index (κ3) is 3.02. The minimum atomic E-state index is -1.12. The molecule has 0 amide bonds. The van der Waals surface area contributed by atoms with Gasteiger partial charge in [-0.3, -0.25) is 9.69 Å². The lowest BCUT2D eigenvalue weighted by atomic mass is 10.1. The van der Waals surface area contributed by atoms with E-state index in [4.69, 9.17) is 0 Å². The van der Waals surface area contributed by atoms with Gasteiger partial charge in [0.05, 0.1) is 0 Å². The van der Waals surface area contributed by atoms with Crippen molar-refractivity contribution >= 4 is 5.97 Å². The maximum atomic E-state index is 12.0. The fraction of sp³-hybridized carbons (Fsp3) is 0.625. The van der Waals surface area contributed by atoms with Crippen molar-refractivity contribution in [2.45, 2.75) is 52.6 Å². The Hall–Kier alpha value is -1.62. The van der Waals surface area contributed by atoms with Gasteiger partial charge in [-0.1, -0.05) is 13.8 Å². The van der Waals surface area contributed by atoms with Gasteiger partial charge in [0.25, 0.3) is 0 Å². The normalized spacial score (nSPS) is 19.1. The van der Waals surface area contributed by atoms with E-state index in [9.17, 15) is 14.7 Å². The van der Waals surface area contributed by atoms with Crippen LogP contribution in [0.4, 0.5) is 0 Å². The topological polar surface area (TPSA) is 62.5 Å². The summed E-state index contributed by atoms with van der Waals surface area (Å²) in [5.41, 5.74) is 1.05. The van der Waals surface area contributed by atoms with E-state index in [0.717, 1.165) is 31.7 Å². The number of carbonyl (C=O) groups is 1. The van der Waals surface area contributed by atoms with Crippen molar-refractivity contribution in [2.24, 2.45) is 0 Å². The van der Waals surface area contributed by atoms with Crippen LogP contribution in [-0.4, -0.2) is 39.7 Å². The van der Waals surface area contributed by atoms with Gasteiger partial charge in [-0.05, 0) is 39.3 Å². The summed E-state index contributed by atoms with van der Waals surface area (Å²) in [6.07, 6.45) is 2.87. The van der Waals surface area contributed by atoms with Gasteiger partial charge in [0.1, 0.15) is 5.56 Å². The lowest BCUT2D eigenvalue weighted by Crippen LogP contribution is -2.35. The molecule has 1 aromatic heterocycles. The van der Waals surface area contributed by atoms with Gasteiger partial charge in [0, 0.05) is 30.0 Å². The smallest absolute Gasteiger partial charge is 0.341 e. The number of pyridine rings is 1. The Balaban J connectivity index is 2.45. The molecule has 1 saturated heterocycles. The molecule has 1 N–H and O–H groups in total. The van der Waals surface area contributed by atoms with Gasteiger partial charge in [-0.25, -0.2) is 4.79 Å². The quantitative estimate of drug-likeness (QED) is 0.900. The van der Waals surface area contributed by atoms with E-state index in [0.29, 0.717) is 18.2 Å². The highest BCUT2D eigenvalue weighted by molar-refractivity contribution is 5.88. The number of likely N-dealkylation sites (tertiary alicyclic amines) is 1. The summed E-state index contributed by atoms with van der Waals surface area (Å²) in [6.45, 7) is 8.83. The molecule has 1 aromatic rings. The van der Waals surface area contributed by atoms with Crippen LogP contribution in [0.5, 0.6) is 0 Å². The minimum Gasteiger partial charge on any atom is -0.477 e. The van der Waals surface area contributed by atoms with Crippen molar-refractivity contribution in [3.8, 4) is 0 Å². The molecule has 116 valence electrons. The van der Waals surface area contributed by atoms with Crippen LogP contribution < -0.4 is 5.43 Å². The molecule has 1 unspecified atom stereocenters. The molecule has 1 fully saturated rings. The second-order valence-electron chi connectivity index (χ2n) is 5.67. The first-order valence-electron chi connectivity index (χ1n) is 7.70. The zero-order chi connectivity index (χ0) is 15.6. The number of likely N-dealkylation sites (N-methyl/N-ethyl adjacent to an activating group) is 1. The van der Waals surface area contributed by atoms with E-state index in [1.165, 1.54) is 12.5 Å². The molecule has 5 heteroatoms. The molecule has 0 spiro atoms. The second-order valence-corrected chi connectivity index (χ2v) is 5.67. The van der Waals surface area contributed by atoms with Crippen LogP contribution in [0, 0.1) is 6.92 Å². The number of carboxylic acid groups (broad SMARTS) is 1. The molecule has 2 rings (SSSR count). The molecule has 1 aliphatic heterocycles. The summed E-state index contributed by atoms with van der Waals surface area (Å²) in [7, 11) is 0. The zero-order valence-electron chi connectivity index (χ0n) is 13.1. The molecule has 5 nitrogen and oxygen atoms in total. The van der Waals surface area contributed by atoms with Crippen LogP contribution >= 0.6 is 0 Å². The van der Waals surface area contributed by atoms with Crippen LogP contribution in [0.2, 0.25) is 0 Å². The molecule has 0 aliphatic carbocycles. The Morgan fingerprint density at radius 1 is 1.43 bits per heavy atom. The van der Waals surface area contributed by atoms with E-state index < -0.39 is 5.97 Å². The fourth-order valence-electron chi connectivity index (χ4n) is 3.41. The summed E-state index contributed by atoms with van der Waals surface area (Å²) in [4.78, 5) is 25.8. The summed E-state index contributed by atoms with van der Waals surface area (Å²) < 4.78 is 2.03. The lowest BCUT2D eigenvalue weighted by molar-refractivity contribution is 0.0692. The predicted octanol–water partition coefficient (Wildman–Crippen LogP) is 1.90. The first-order chi connectivity index (χ1) is 9.99.